The molecule has 0 aliphatic carbocycles. The van der Waals surface area contributed by atoms with Crippen LogP contribution in [0.15, 0.2) is 22.9 Å². The zero-order chi connectivity index (χ0) is 12.6. The van der Waals surface area contributed by atoms with Crippen LogP contribution in [0.3, 0.4) is 0 Å². The number of hydrogen-bond donors (Lipinski definition) is 2. The van der Waals surface area contributed by atoms with E-state index in [1.807, 2.05) is 0 Å². The first kappa shape index (κ1) is 12.1. The van der Waals surface area contributed by atoms with Gasteiger partial charge in [0.1, 0.15) is 11.2 Å². The molecular weight excluding hydrogens is 252 g/mol. The van der Waals surface area contributed by atoms with Gasteiger partial charge in [0.05, 0.1) is 11.9 Å². The van der Waals surface area contributed by atoms with E-state index in [-0.39, 0.29) is 6.61 Å². The molecule has 2 atom stereocenters. The maximum Gasteiger partial charge on any atom is 0.350 e. The van der Waals surface area contributed by atoms with Gasteiger partial charge in [0.25, 0.3) is 0 Å². The molecule has 1 aliphatic rings. The van der Waals surface area contributed by atoms with Crippen LogP contribution in [0, 0.1) is 5.82 Å². The fourth-order valence-corrected chi connectivity index (χ4v) is 2.55. The molecule has 0 saturated heterocycles. The summed E-state index contributed by atoms with van der Waals surface area (Å²) in [6.07, 6.45) is 2.02. The van der Waals surface area contributed by atoms with Crippen LogP contribution in [0.1, 0.15) is 5.37 Å². The molecule has 0 aromatic carbocycles. The number of nitrogen functional groups attached to an aromatic ring is 1. The second kappa shape index (κ2) is 4.46. The highest BCUT2D eigenvalue weighted by Gasteiger charge is 2.29. The molecule has 1 aromatic rings. The molecule has 0 bridgehead atoms. The maximum absolute atomic E-state index is 13.3. The molecule has 92 valence electrons. The summed E-state index contributed by atoms with van der Waals surface area (Å²) >= 11 is 0.998. The number of halogens is 2. The monoisotopic (exact) mass is 261 g/mol. The summed E-state index contributed by atoms with van der Waals surface area (Å²) in [5.41, 5.74) is 4.37. The predicted molar refractivity (Wildman–Crippen MR) is 59.6 cm³/mol. The molecular formula is C9H9F2N3O2S. The minimum Gasteiger partial charge on any atom is -0.395 e. The number of aliphatic hydroxyl groups excluding tert-OH is 1. The van der Waals surface area contributed by atoms with Crippen molar-refractivity contribution in [3.63, 3.8) is 0 Å². The van der Waals surface area contributed by atoms with E-state index in [0.29, 0.717) is 0 Å². The molecule has 5 nitrogen and oxygen atoms in total. The summed E-state index contributed by atoms with van der Waals surface area (Å²) in [5, 5.41) is 7.42. The highest BCUT2D eigenvalue weighted by atomic mass is 32.2. The van der Waals surface area contributed by atoms with E-state index in [1.54, 1.807) is 0 Å². The first-order valence-electron chi connectivity index (χ1n) is 4.70. The van der Waals surface area contributed by atoms with E-state index < -0.39 is 33.8 Å². The summed E-state index contributed by atoms with van der Waals surface area (Å²) in [4.78, 5) is 14.7. The van der Waals surface area contributed by atoms with Crippen LogP contribution in [0.5, 0.6) is 0 Å². The van der Waals surface area contributed by atoms with Gasteiger partial charge in [0, 0.05) is 6.20 Å². The molecule has 2 heterocycles. The Kier molecular flexibility index (Phi) is 3.16. The minimum absolute atomic E-state index is 0.386. The minimum atomic E-state index is -0.841. The lowest BCUT2D eigenvalue weighted by molar-refractivity contribution is 0.295. The normalized spacial score (nSPS) is 23.8. The molecule has 0 saturated carbocycles. The molecule has 0 unspecified atom stereocenters. The Labute approximate surface area is 99.0 Å². The molecule has 1 aliphatic heterocycles. The molecule has 0 spiro atoms. The average molecular weight is 261 g/mol. The van der Waals surface area contributed by atoms with Crippen molar-refractivity contribution in [2.24, 2.45) is 0 Å². The summed E-state index contributed by atoms with van der Waals surface area (Å²) in [5.74, 6) is -1.87. The van der Waals surface area contributed by atoms with E-state index in [4.69, 9.17) is 10.8 Å². The lowest BCUT2D eigenvalue weighted by Gasteiger charge is -2.12. The third-order valence-electron chi connectivity index (χ3n) is 2.29. The fraction of sp³-hybridized carbons (Fsp3) is 0.333. The van der Waals surface area contributed by atoms with Gasteiger partial charge >= 0.3 is 5.69 Å². The zero-order valence-electron chi connectivity index (χ0n) is 8.51. The first-order valence-corrected chi connectivity index (χ1v) is 5.65. The van der Waals surface area contributed by atoms with Gasteiger partial charge in [0.2, 0.25) is 0 Å². The van der Waals surface area contributed by atoms with Crippen molar-refractivity contribution in [3.8, 4) is 0 Å². The van der Waals surface area contributed by atoms with Crippen molar-refractivity contribution in [1.82, 2.24) is 9.55 Å². The molecule has 0 radical (unpaired) electrons. The van der Waals surface area contributed by atoms with Gasteiger partial charge in [0.15, 0.2) is 11.6 Å². The first-order chi connectivity index (χ1) is 8.02. The smallest absolute Gasteiger partial charge is 0.350 e. The van der Waals surface area contributed by atoms with E-state index >= 15 is 0 Å². The number of rotatable bonds is 2. The number of anilines is 1. The molecule has 8 heteroatoms. The third-order valence-corrected chi connectivity index (χ3v) is 3.63. The van der Waals surface area contributed by atoms with Crippen LogP contribution in [0.4, 0.5) is 14.6 Å². The van der Waals surface area contributed by atoms with Crippen LogP contribution in [0.2, 0.25) is 0 Å². The Balaban J connectivity index is 2.37. The van der Waals surface area contributed by atoms with Crippen LogP contribution in [-0.2, 0) is 0 Å². The van der Waals surface area contributed by atoms with Crippen LogP contribution < -0.4 is 11.4 Å². The summed E-state index contributed by atoms with van der Waals surface area (Å²) in [7, 11) is 0. The summed E-state index contributed by atoms with van der Waals surface area (Å²) in [6.45, 7) is -0.386. The lowest BCUT2D eigenvalue weighted by Crippen LogP contribution is -2.26. The Morgan fingerprint density at radius 1 is 1.59 bits per heavy atom. The quantitative estimate of drug-likeness (QED) is 0.806. The van der Waals surface area contributed by atoms with Crippen LogP contribution >= 0.6 is 11.8 Å². The van der Waals surface area contributed by atoms with Gasteiger partial charge in [-0.15, -0.1) is 11.8 Å². The Bertz CT molecular complexity index is 531. The Morgan fingerprint density at radius 2 is 2.29 bits per heavy atom. The van der Waals surface area contributed by atoms with Crippen molar-refractivity contribution in [2.45, 2.75) is 10.6 Å². The van der Waals surface area contributed by atoms with E-state index in [1.165, 1.54) is 0 Å². The van der Waals surface area contributed by atoms with Crippen LogP contribution in [-0.4, -0.2) is 26.5 Å². The van der Waals surface area contributed by atoms with Gasteiger partial charge in [-0.1, -0.05) is 0 Å². The maximum atomic E-state index is 13.3. The topological polar surface area (TPSA) is 81.1 Å². The number of aromatic nitrogens is 2. The van der Waals surface area contributed by atoms with Crippen LogP contribution in [0.25, 0.3) is 0 Å². The highest BCUT2D eigenvalue weighted by Crippen LogP contribution is 2.39. The number of nitrogens with two attached hydrogens (primary N) is 1. The average Bonchev–Trinajstić information content (AvgIpc) is 2.65. The second-order valence-corrected chi connectivity index (χ2v) is 4.74. The van der Waals surface area contributed by atoms with Gasteiger partial charge < -0.3 is 10.8 Å². The lowest BCUT2D eigenvalue weighted by atomic mass is 10.3. The standard InChI is InChI=1S/C9H9F2N3O2S/c10-4-1-7(17-6(4)3-15)14-2-5(11)8(12)13-9(14)16/h1-2,6-7,15H,3H2,(H2,12,13,16)/t6-,7-/m0/s1. The van der Waals surface area contributed by atoms with Crippen molar-refractivity contribution in [3.05, 3.63) is 34.4 Å². The largest absolute Gasteiger partial charge is 0.395 e. The fourth-order valence-electron chi connectivity index (χ4n) is 1.43. The van der Waals surface area contributed by atoms with Gasteiger partial charge in [-0.05, 0) is 6.08 Å². The highest BCUT2D eigenvalue weighted by molar-refractivity contribution is 8.00. The van der Waals surface area contributed by atoms with Crippen molar-refractivity contribution in [1.29, 1.82) is 0 Å². The number of nitrogens with zero attached hydrogens (tertiary/aromatic N) is 2. The zero-order valence-corrected chi connectivity index (χ0v) is 9.32. The number of hydrogen-bond acceptors (Lipinski definition) is 5. The Hall–Kier alpha value is -1.41. The van der Waals surface area contributed by atoms with Gasteiger partial charge in [-0.3, -0.25) is 4.57 Å². The second-order valence-electron chi connectivity index (χ2n) is 3.41. The molecule has 0 fully saturated rings. The summed E-state index contributed by atoms with van der Waals surface area (Å²) < 4.78 is 27.4. The number of aliphatic hydroxyl groups is 1. The van der Waals surface area contributed by atoms with E-state index in [2.05, 4.69) is 4.98 Å². The van der Waals surface area contributed by atoms with E-state index in [0.717, 1.165) is 28.6 Å². The SMILES string of the molecule is Nc1nc(=O)n([C@@H]2C=C(F)[C@H](CO)S2)cc1F. The van der Waals surface area contributed by atoms with Crippen molar-refractivity contribution in [2.75, 3.05) is 12.3 Å². The Morgan fingerprint density at radius 3 is 2.88 bits per heavy atom. The van der Waals surface area contributed by atoms with Crippen molar-refractivity contribution >= 4 is 17.6 Å². The van der Waals surface area contributed by atoms with Crippen molar-refractivity contribution < 1.29 is 13.9 Å². The molecule has 0 amide bonds. The molecule has 1 aromatic heterocycles. The third kappa shape index (κ3) is 2.18. The molecule has 3 N–H and O–H groups in total. The number of thioether (sulfide) groups is 1. The molecule has 17 heavy (non-hydrogen) atoms. The molecule has 2 rings (SSSR count). The summed E-state index contributed by atoms with van der Waals surface area (Å²) in [6, 6.07) is 0. The van der Waals surface area contributed by atoms with Gasteiger partial charge in [-0.25, -0.2) is 13.6 Å². The van der Waals surface area contributed by atoms with Gasteiger partial charge in [-0.2, -0.15) is 4.98 Å². The van der Waals surface area contributed by atoms with E-state index in [9.17, 15) is 13.6 Å². The predicted octanol–water partition coefficient (Wildman–Crippen LogP) is 0.424.